The maximum absolute atomic E-state index is 5.29. The average molecular weight is 1170 g/mol. The summed E-state index contributed by atoms with van der Waals surface area (Å²) in [6, 6.07) is 17.3. The molecule has 0 aliphatic heterocycles. The van der Waals surface area contributed by atoms with E-state index in [0.717, 1.165) is 62.0 Å². The Morgan fingerprint density at radius 2 is 0.585 bits per heavy atom. The van der Waals surface area contributed by atoms with E-state index in [1.165, 1.54) is 326 Å². The van der Waals surface area contributed by atoms with Gasteiger partial charge in [0.2, 0.25) is 0 Å². The molecular weight excluding hydrogens is 1040 g/mol. The largest absolute Gasteiger partial charge is 0.254 e. The van der Waals surface area contributed by atoms with Gasteiger partial charge in [0.25, 0.3) is 0 Å². The van der Waals surface area contributed by atoms with Crippen molar-refractivity contribution in [3.8, 4) is 23.7 Å². The Hall–Kier alpha value is -2.87. The van der Waals surface area contributed by atoms with Crippen LogP contribution in [-0.2, 0) is 29.3 Å². The molecule has 0 fully saturated rings. The van der Waals surface area contributed by atoms with Crippen LogP contribution in [0.25, 0.3) is 0 Å². The molecule has 468 valence electrons. The third-order valence-corrected chi connectivity index (χ3v) is 16.9. The maximum Gasteiger partial charge on any atom is 0.0816 e. The van der Waals surface area contributed by atoms with Gasteiger partial charge in [0.1, 0.15) is 0 Å². The monoisotopic (exact) mass is 1170 g/mol. The molecular formula is C79H132N2Ni. The minimum atomic E-state index is 0. The number of para-hydroxylation sites is 2. The molecule has 0 N–H and O–H groups in total. The average Bonchev–Trinajstić information content (AvgIpc) is 3.57. The van der Waals surface area contributed by atoms with E-state index in [1.54, 1.807) is 0 Å². The summed E-state index contributed by atoms with van der Waals surface area (Å²) in [5.74, 6) is 14.0. The molecule has 2 nitrogen and oxygen atoms in total. The van der Waals surface area contributed by atoms with Gasteiger partial charge in [-0.2, -0.15) is 0 Å². The van der Waals surface area contributed by atoms with E-state index < -0.39 is 0 Å². The first kappa shape index (κ1) is 77.1. The number of benzene rings is 2. The molecule has 0 unspecified atom stereocenters. The van der Waals surface area contributed by atoms with E-state index in [2.05, 4.69) is 105 Å². The first-order valence-corrected chi connectivity index (χ1v) is 36.1. The van der Waals surface area contributed by atoms with Crippen molar-refractivity contribution in [2.45, 2.75) is 380 Å². The van der Waals surface area contributed by atoms with E-state index >= 15 is 0 Å². The van der Waals surface area contributed by atoms with Gasteiger partial charge in [0.05, 0.1) is 23.3 Å². The second-order valence-electron chi connectivity index (χ2n) is 24.7. The molecule has 2 aromatic rings. The van der Waals surface area contributed by atoms with Crippen LogP contribution in [0.4, 0.5) is 11.4 Å². The second-order valence-corrected chi connectivity index (χ2v) is 24.7. The van der Waals surface area contributed by atoms with Gasteiger partial charge in [-0.3, -0.25) is 4.99 Å². The predicted molar refractivity (Wildman–Crippen MR) is 367 cm³/mol. The zero-order chi connectivity index (χ0) is 57.5. The number of unbranched alkanes of at least 4 members (excludes halogenated alkanes) is 49. The fourth-order valence-electron chi connectivity index (χ4n) is 11.5. The van der Waals surface area contributed by atoms with Crippen LogP contribution in [0.2, 0.25) is 0 Å². The number of rotatable bonds is 58. The smallest absolute Gasteiger partial charge is 0.0816 e. The number of aryl methyl sites for hydroxylation is 2. The molecule has 0 heterocycles. The first-order chi connectivity index (χ1) is 40.3. The standard InChI is InChI=1S/C79H132N2.Ni/c1-4-7-10-13-16-19-22-25-28-31-34-35-36-37-38-41-44-47-50-53-56-59-62-71-77(81-79-73-66-64-70-76(79)68-61-58-55-52-49-46-43-40-33-30-27-24-21-18-15-12-9-6-3)74-80-78-72-65-63-69-75(78)67-60-57-54-51-48-45-42-39-32-29-26-23-20-17-14-11-8-5-2;/h62-66,69-74H,4-53,56,59-61,67-68H2,1-3H3;/b71-62+,80-74-,81-77+;. The summed E-state index contributed by atoms with van der Waals surface area (Å²) in [4.78, 5) is 10.4. The molecule has 0 aliphatic rings. The molecule has 0 spiro atoms. The van der Waals surface area contributed by atoms with Crippen molar-refractivity contribution in [3.63, 3.8) is 0 Å². The van der Waals surface area contributed by atoms with Crippen LogP contribution < -0.4 is 0 Å². The van der Waals surface area contributed by atoms with Crippen LogP contribution in [0.5, 0.6) is 0 Å². The SMILES string of the molecule is CCCCCCCCCCCCCCCCC#CCCc1ccccc1\N=C/C(/C=C/CCCCCCCCCCCCCCCCCCCCCCC)=N/c1ccccc1CCC#CCCCCCCCCCCCCCCCC.[Ni]. The van der Waals surface area contributed by atoms with Crippen molar-refractivity contribution < 1.29 is 16.5 Å². The molecule has 82 heavy (non-hydrogen) atoms. The van der Waals surface area contributed by atoms with Crippen molar-refractivity contribution in [2.24, 2.45) is 9.98 Å². The number of aliphatic imine (C=N–C) groups is 2. The van der Waals surface area contributed by atoms with E-state index in [1.807, 2.05) is 6.21 Å². The Morgan fingerprint density at radius 1 is 0.317 bits per heavy atom. The van der Waals surface area contributed by atoms with Gasteiger partial charge in [0, 0.05) is 42.2 Å². The Kier molecular flexibility index (Phi) is 60.3. The van der Waals surface area contributed by atoms with Gasteiger partial charge in [-0.25, -0.2) is 4.99 Å². The molecule has 0 saturated heterocycles. The van der Waals surface area contributed by atoms with Gasteiger partial charge in [-0.05, 0) is 67.9 Å². The van der Waals surface area contributed by atoms with E-state index in [4.69, 9.17) is 9.98 Å². The third-order valence-electron chi connectivity index (χ3n) is 16.9. The number of hydrogen-bond donors (Lipinski definition) is 0. The van der Waals surface area contributed by atoms with Gasteiger partial charge in [-0.15, -0.1) is 23.7 Å². The van der Waals surface area contributed by atoms with Crippen LogP contribution in [0.1, 0.15) is 379 Å². The zero-order valence-corrected chi connectivity index (χ0v) is 55.6. The van der Waals surface area contributed by atoms with E-state index in [9.17, 15) is 0 Å². The topological polar surface area (TPSA) is 24.7 Å². The molecule has 0 radical (unpaired) electrons. The molecule has 0 aromatic heterocycles. The Labute approximate surface area is 522 Å². The Bertz CT molecular complexity index is 1870. The molecule has 2 rings (SSSR count). The van der Waals surface area contributed by atoms with Crippen LogP contribution in [-0.4, -0.2) is 11.9 Å². The molecule has 0 aliphatic carbocycles. The van der Waals surface area contributed by atoms with Crippen LogP contribution in [0, 0.1) is 23.7 Å². The number of allylic oxidation sites excluding steroid dienone is 2. The van der Waals surface area contributed by atoms with E-state index in [0.29, 0.717) is 0 Å². The molecule has 0 atom stereocenters. The van der Waals surface area contributed by atoms with Crippen LogP contribution in [0.15, 0.2) is 70.7 Å². The second kappa shape index (κ2) is 64.1. The first-order valence-electron chi connectivity index (χ1n) is 36.1. The van der Waals surface area contributed by atoms with Gasteiger partial charge in [0.15, 0.2) is 0 Å². The quantitative estimate of drug-likeness (QED) is 0.0273. The normalized spacial score (nSPS) is 11.6. The summed E-state index contributed by atoms with van der Waals surface area (Å²) in [5, 5.41) is 0. The van der Waals surface area contributed by atoms with Gasteiger partial charge >= 0.3 is 0 Å². The summed E-state index contributed by atoms with van der Waals surface area (Å²) >= 11 is 0. The summed E-state index contributed by atoms with van der Waals surface area (Å²) in [5.41, 5.74) is 5.50. The fraction of sp³-hybridized carbons (Fsp3) is 0.747. The van der Waals surface area contributed by atoms with Crippen molar-refractivity contribution in [1.82, 2.24) is 0 Å². The van der Waals surface area contributed by atoms with Gasteiger partial charge < -0.3 is 0 Å². The number of hydrogen-bond acceptors (Lipinski definition) is 2. The summed E-state index contributed by atoms with van der Waals surface area (Å²) in [7, 11) is 0. The Morgan fingerprint density at radius 3 is 0.927 bits per heavy atom. The van der Waals surface area contributed by atoms with Crippen LogP contribution in [0.3, 0.4) is 0 Å². The van der Waals surface area contributed by atoms with Crippen molar-refractivity contribution >= 4 is 23.3 Å². The summed E-state index contributed by atoms with van der Waals surface area (Å²) < 4.78 is 0. The molecule has 0 amide bonds. The Balaban J connectivity index is 0.0000336. The summed E-state index contributed by atoms with van der Waals surface area (Å²) in [6.07, 6.45) is 82.2. The molecule has 0 bridgehead atoms. The van der Waals surface area contributed by atoms with E-state index in [-0.39, 0.29) is 16.5 Å². The minimum absolute atomic E-state index is 0. The molecule has 2 aromatic carbocycles. The molecule has 0 saturated carbocycles. The predicted octanol–water partition coefficient (Wildman–Crippen LogP) is 26.9. The number of nitrogens with zero attached hydrogens (tertiary/aromatic N) is 2. The minimum Gasteiger partial charge on any atom is -0.254 e. The fourth-order valence-corrected chi connectivity index (χ4v) is 11.5. The molecule has 3 heteroatoms. The van der Waals surface area contributed by atoms with Crippen LogP contribution >= 0.6 is 0 Å². The van der Waals surface area contributed by atoms with Gasteiger partial charge in [-0.1, -0.05) is 359 Å². The van der Waals surface area contributed by atoms with Crippen molar-refractivity contribution in [2.75, 3.05) is 0 Å². The maximum atomic E-state index is 5.29. The zero-order valence-electron chi connectivity index (χ0n) is 54.7. The third kappa shape index (κ3) is 51.5. The summed E-state index contributed by atoms with van der Waals surface area (Å²) in [6.45, 7) is 6.92. The van der Waals surface area contributed by atoms with Crippen molar-refractivity contribution in [1.29, 1.82) is 0 Å². The van der Waals surface area contributed by atoms with Crippen molar-refractivity contribution in [3.05, 3.63) is 71.8 Å².